The second kappa shape index (κ2) is 10.2. The average molecular weight is 431 g/mol. The Balaban J connectivity index is 1.76. The topological polar surface area (TPSA) is 85.5 Å². The van der Waals surface area contributed by atoms with Crippen molar-refractivity contribution in [3.8, 4) is 0 Å². The summed E-state index contributed by atoms with van der Waals surface area (Å²) in [6.45, 7) is 8.98. The fourth-order valence-electron chi connectivity index (χ4n) is 4.48. The zero-order valence-corrected chi connectivity index (χ0v) is 19.0. The molecule has 1 atom stereocenters. The molecule has 31 heavy (non-hydrogen) atoms. The number of tetrazole rings is 1. The maximum atomic E-state index is 13.0. The number of hydrogen-bond donors (Lipinski definition) is 0. The molecular formula is C22H34N6O3. The zero-order valence-electron chi connectivity index (χ0n) is 19.0. The monoisotopic (exact) mass is 430 g/mol. The predicted octanol–water partition coefficient (Wildman–Crippen LogP) is 1.77. The van der Waals surface area contributed by atoms with Crippen LogP contribution in [-0.4, -0.2) is 69.0 Å². The molecule has 9 nitrogen and oxygen atoms in total. The van der Waals surface area contributed by atoms with Gasteiger partial charge in [-0.25, -0.2) is 4.79 Å². The summed E-state index contributed by atoms with van der Waals surface area (Å²) in [4.78, 5) is 29.6. The molecule has 0 radical (unpaired) electrons. The van der Waals surface area contributed by atoms with Gasteiger partial charge in [-0.1, -0.05) is 25.1 Å². The molecule has 0 spiro atoms. The fourth-order valence-corrected chi connectivity index (χ4v) is 4.48. The third kappa shape index (κ3) is 4.88. The minimum atomic E-state index is -0.387. The van der Waals surface area contributed by atoms with Gasteiger partial charge in [0.1, 0.15) is 0 Å². The summed E-state index contributed by atoms with van der Waals surface area (Å²) in [6, 6.07) is 10.00. The summed E-state index contributed by atoms with van der Waals surface area (Å²) in [7, 11) is 1.69. The van der Waals surface area contributed by atoms with E-state index in [4.69, 9.17) is 4.74 Å². The van der Waals surface area contributed by atoms with Crippen LogP contribution in [0.15, 0.2) is 35.1 Å². The minimum Gasteiger partial charge on any atom is -0.382 e. The lowest BCUT2D eigenvalue weighted by molar-refractivity contribution is -0.120. The lowest BCUT2D eigenvalue weighted by Gasteiger charge is -2.49. The lowest BCUT2D eigenvalue weighted by Crippen LogP contribution is -2.61. The largest absolute Gasteiger partial charge is 0.382 e. The van der Waals surface area contributed by atoms with E-state index in [0.29, 0.717) is 26.1 Å². The number of aryl methyl sites for hydroxylation is 1. The van der Waals surface area contributed by atoms with Crippen LogP contribution in [0.2, 0.25) is 0 Å². The van der Waals surface area contributed by atoms with Crippen LogP contribution < -0.4 is 10.6 Å². The SMILES string of the molecule is CCC(=O)N(c1ccccc1)C1(COC)CCN(C(C)Cn2nnn(CC)c2=O)CC1. The van der Waals surface area contributed by atoms with E-state index in [1.165, 1.54) is 9.36 Å². The average Bonchev–Trinajstić information content (AvgIpc) is 3.14. The molecule has 1 saturated heterocycles. The number of methoxy groups -OCH3 is 1. The minimum absolute atomic E-state index is 0.104. The molecule has 170 valence electrons. The molecule has 1 aromatic heterocycles. The Hall–Kier alpha value is -2.52. The van der Waals surface area contributed by atoms with E-state index in [9.17, 15) is 9.59 Å². The van der Waals surface area contributed by atoms with Gasteiger partial charge in [0.25, 0.3) is 0 Å². The van der Waals surface area contributed by atoms with E-state index in [0.717, 1.165) is 31.6 Å². The van der Waals surface area contributed by atoms with Crippen molar-refractivity contribution in [3.63, 3.8) is 0 Å². The number of carbonyl (C=O) groups excluding carboxylic acids is 1. The summed E-state index contributed by atoms with van der Waals surface area (Å²) >= 11 is 0. The first-order chi connectivity index (χ1) is 15.0. The first-order valence-electron chi connectivity index (χ1n) is 11.1. The van der Waals surface area contributed by atoms with Gasteiger partial charge in [0.15, 0.2) is 0 Å². The molecule has 1 unspecified atom stereocenters. The molecule has 1 fully saturated rings. The van der Waals surface area contributed by atoms with E-state index in [-0.39, 0.29) is 23.2 Å². The van der Waals surface area contributed by atoms with E-state index in [2.05, 4.69) is 22.3 Å². The summed E-state index contributed by atoms with van der Waals surface area (Å²) in [5.41, 5.74) is 0.348. The van der Waals surface area contributed by atoms with Crippen molar-refractivity contribution in [2.24, 2.45) is 0 Å². The third-order valence-corrected chi connectivity index (χ3v) is 6.24. The number of amides is 1. The van der Waals surface area contributed by atoms with Crippen LogP contribution in [0.3, 0.4) is 0 Å². The van der Waals surface area contributed by atoms with Gasteiger partial charge in [-0.15, -0.1) is 0 Å². The van der Waals surface area contributed by atoms with E-state index in [1.54, 1.807) is 7.11 Å². The molecule has 1 aliphatic heterocycles. The van der Waals surface area contributed by atoms with Crippen molar-refractivity contribution in [1.29, 1.82) is 0 Å². The van der Waals surface area contributed by atoms with Crippen molar-refractivity contribution >= 4 is 11.6 Å². The second-order valence-electron chi connectivity index (χ2n) is 8.22. The molecule has 0 saturated carbocycles. The molecule has 1 aromatic carbocycles. The highest BCUT2D eigenvalue weighted by Gasteiger charge is 2.43. The number of benzene rings is 1. The smallest absolute Gasteiger partial charge is 0.363 e. The van der Waals surface area contributed by atoms with Crippen molar-refractivity contribution in [2.75, 3.05) is 31.7 Å². The van der Waals surface area contributed by atoms with E-state index in [1.807, 2.05) is 49.1 Å². The number of para-hydroxylation sites is 1. The number of ether oxygens (including phenoxy) is 1. The Morgan fingerprint density at radius 1 is 1.16 bits per heavy atom. The molecule has 0 N–H and O–H groups in total. The maximum absolute atomic E-state index is 13.0. The van der Waals surface area contributed by atoms with Gasteiger partial charge >= 0.3 is 5.69 Å². The van der Waals surface area contributed by atoms with Crippen molar-refractivity contribution in [1.82, 2.24) is 24.7 Å². The van der Waals surface area contributed by atoms with Gasteiger partial charge in [0.05, 0.1) is 18.7 Å². The number of aromatic nitrogens is 4. The van der Waals surface area contributed by atoms with Gasteiger partial charge in [0.2, 0.25) is 5.91 Å². The Bertz CT molecular complexity index is 901. The molecular weight excluding hydrogens is 396 g/mol. The molecule has 0 aliphatic carbocycles. The Labute approximate surface area is 183 Å². The molecule has 0 bridgehead atoms. The predicted molar refractivity (Wildman–Crippen MR) is 119 cm³/mol. The second-order valence-corrected chi connectivity index (χ2v) is 8.22. The summed E-state index contributed by atoms with van der Waals surface area (Å²) in [5, 5.41) is 7.90. The van der Waals surface area contributed by atoms with Gasteiger partial charge < -0.3 is 9.64 Å². The molecule has 3 rings (SSSR count). The van der Waals surface area contributed by atoms with Crippen molar-refractivity contribution in [3.05, 3.63) is 40.8 Å². The van der Waals surface area contributed by atoms with Crippen LogP contribution in [0.25, 0.3) is 0 Å². The fraction of sp³-hybridized carbons (Fsp3) is 0.636. The molecule has 2 aromatic rings. The van der Waals surface area contributed by atoms with E-state index < -0.39 is 0 Å². The number of likely N-dealkylation sites (tertiary alicyclic amines) is 1. The number of nitrogens with zero attached hydrogens (tertiary/aromatic N) is 6. The van der Waals surface area contributed by atoms with Gasteiger partial charge in [0, 0.05) is 44.9 Å². The highest BCUT2D eigenvalue weighted by Crippen LogP contribution is 2.35. The summed E-state index contributed by atoms with van der Waals surface area (Å²) < 4.78 is 8.42. The number of piperidine rings is 1. The van der Waals surface area contributed by atoms with Gasteiger partial charge in [-0.05, 0) is 49.2 Å². The van der Waals surface area contributed by atoms with Crippen LogP contribution in [0.1, 0.15) is 40.0 Å². The first kappa shape index (κ1) is 23.1. The highest BCUT2D eigenvalue weighted by atomic mass is 16.5. The molecule has 1 aliphatic rings. The van der Waals surface area contributed by atoms with E-state index >= 15 is 0 Å². The summed E-state index contributed by atoms with van der Waals surface area (Å²) in [5.74, 6) is 0.104. The maximum Gasteiger partial charge on any atom is 0.363 e. The van der Waals surface area contributed by atoms with Crippen LogP contribution in [0.4, 0.5) is 5.69 Å². The third-order valence-electron chi connectivity index (χ3n) is 6.24. The normalized spacial score (nSPS) is 17.4. The van der Waals surface area contributed by atoms with Crippen LogP contribution in [0.5, 0.6) is 0 Å². The Kier molecular flexibility index (Phi) is 7.61. The lowest BCUT2D eigenvalue weighted by atomic mass is 9.84. The van der Waals surface area contributed by atoms with Crippen molar-refractivity contribution in [2.45, 2.75) is 64.7 Å². The first-order valence-corrected chi connectivity index (χ1v) is 11.1. The van der Waals surface area contributed by atoms with Crippen LogP contribution in [-0.2, 0) is 22.6 Å². The van der Waals surface area contributed by atoms with Gasteiger partial charge in [-0.2, -0.15) is 9.36 Å². The Morgan fingerprint density at radius 3 is 2.35 bits per heavy atom. The Morgan fingerprint density at radius 2 is 1.81 bits per heavy atom. The van der Waals surface area contributed by atoms with Crippen molar-refractivity contribution < 1.29 is 9.53 Å². The highest BCUT2D eigenvalue weighted by molar-refractivity contribution is 5.94. The quantitative estimate of drug-likeness (QED) is 0.603. The van der Waals surface area contributed by atoms with Crippen LogP contribution in [0, 0.1) is 0 Å². The standard InChI is InChI=1S/C22H34N6O3/c1-5-20(29)28(19-10-8-7-9-11-19)22(17-31-4)12-14-25(15-13-22)18(3)16-27-21(30)26(6-2)23-24-27/h7-11,18H,5-6,12-17H2,1-4H3. The van der Waals surface area contributed by atoms with Gasteiger partial charge in [-0.3, -0.25) is 9.69 Å². The summed E-state index contributed by atoms with van der Waals surface area (Å²) in [6.07, 6.45) is 2.03. The molecule has 2 heterocycles. The molecule has 1 amide bonds. The van der Waals surface area contributed by atoms with Crippen LogP contribution >= 0.6 is 0 Å². The number of rotatable bonds is 9. The zero-order chi connectivity index (χ0) is 22.4. The molecule has 9 heteroatoms. The number of anilines is 1. The number of hydrogen-bond acceptors (Lipinski definition) is 6. The number of carbonyl (C=O) groups is 1.